The second-order valence-electron chi connectivity index (χ2n) is 11.8. The quantitative estimate of drug-likeness (QED) is 0.508. The molecule has 0 spiro atoms. The van der Waals surface area contributed by atoms with E-state index in [-0.39, 0.29) is 42.3 Å². The number of carbonyl (C=O) groups excluding carboxylic acids is 1. The Kier molecular flexibility index (Phi) is 6.57. The van der Waals surface area contributed by atoms with Crippen LogP contribution in [0.3, 0.4) is 0 Å². The molecule has 3 aromatic rings. The maximum absolute atomic E-state index is 14.8. The number of amides is 2. The van der Waals surface area contributed by atoms with Gasteiger partial charge in [0.25, 0.3) is 5.56 Å². The van der Waals surface area contributed by atoms with Crippen molar-refractivity contribution in [3.05, 3.63) is 70.0 Å². The fraction of sp³-hybridized carbons (Fsp3) is 0.483. The highest BCUT2D eigenvalue weighted by molar-refractivity contribution is 5.86. The second-order valence-corrected chi connectivity index (χ2v) is 11.8. The molecule has 38 heavy (non-hydrogen) atoms. The number of aromatic nitrogens is 2. The molecule has 9 heteroatoms. The van der Waals surface area contributed by atoms with Crippen LogP contribution in [0.4, 0.5) is 9.18 Å². The summed E-state index contributed by atoms with van der Waals surface area (Å²) in [4.78, 5) is 45.9. The Hall–Kier alpha value is -3.62. The molecule has 1 aliphatic heterocycles. The first-order valence-corrected chi connectivity index (χ1v) is 13.2. The summed E-state index contributed by atoms with van der Waals surface area (Å²) in [6.07, 6.45) is 4.53. The highest BCUT2D eigenvalue weighted by atomic mass is 19.1. The van der Waals surface area contributed by atoms with E-state index in [0.29, 0.717) is 22.9 Å². The number of hydrogen-bond acceptors (Lipinski definition) is 3. The molecule has 2 aliphatic rings. The van der Waals surface area contributed by atoms with Crippen LogP contribution in [0.1, 0.15) is 57.1 Å². The number of rotatable bonds is 5. The Balaban J connectivity index is 1.60. The number of likely N-dealkylation sites (tertiary alicyclic amines) is 1. The summed E-state index contributed by atoms with van der Waals surface area (Å²) < 4.78 is 16.3. The largest absolute Gasteiger partial charge is 0.465 e. The van der Waals surface area contributed by atoms with Crippen LogP contribution in [0, 0.1) is 17.2 Å². The fourth-order valence-corrected chi connectivity index (χ4v) is 6.19. The van der Waals surface area contributed by atoms with Crippen LogP contribution in [0.2, 0.25) is 0 Å². The van der Waals surface area contributed by atoms with E-state index < -0.39 is 23.5 Å². The molecule has 0 bridgehead atoms. The summed E-state index contributed by atoms with van der Waals surface area (Å²) >= 11 is 0. The van der Waals surface area contributed by atoms with E-state index in [9.17, 15) is 23.9 Å². The number of hydrogen-bond donors (Lipinski definition) is 2. The Morgan fingerprint density at radius 1 is 1.18 bits per heavy atom. The topological polar surface area (TPSA) is 98.6 Å². The number of carboxylic acid groups (broad SMARTS) is 1. The van der Waals surface area contributed by atoms with Crippen molar-refractivity contribution in [2.75, 3.05) is 6.54 Å². The van der Waals surface area contributed by atoms with Crippen molar-refractivity contribution in [3.8, 4) is 0 Å². The molecule has 1 saturated heterocycles. The number of pyridine rings is 1. The van der Waals surface area contributed by atoms with Gasteiger partial charge < -0.3 is 24.5 Å². The average Bonchev–Trinajstić information content (AvgIpc) is 3.62. The SMILES string of the molecule is Cn1ccc(C2CCN(C(=O)O)C(C(C)(C)C)C2C(=O)N(Cc2c[nH]c3cccc(F)c23)C2CC2)cc1=O. The lowest BCUT2D eigenvalue weighted by Gasteiger charge is -2.50. The van der Waals surface area contributed by atoms with Gasteiger partial charge in [0.15, 0.2) is 0 Å². The summed E-state index contributed by atoms with van der Waals surface area (Å²) in [5.41, 5.74) is 1.40. The normalized spacial score (nSPS) is 22.0. The summed E-state index contributed by atoms with van der Waals surface area (Å²) in [6, 6.07) is 7.71. The molecule has 0 radical (unpaired) electrons. The second kappa shape index (κ2) is 9.60. The number of nitrogens with one attached hydrogen (secondary N) is 1. The van der Waals surface area contributed by atoms with Gasteiger partial charge in [-0.05, 0) is 59.9 Å². The third-order valence-corrected chi connectivity index (χ3v) is 8.11. The van der Waals surface area contributed by atoms with Crippen LogP contribution in [-0.4, -0.2) is 55.1 Å². The minimum absolute atomic E-state index is 0.0179. The lowest BCUT2D eigenvalue weighted by atomic mass is 9.67. The molecular formula is C29H35FN4O4. The van der Waals surface area contributed by atoms with Crippen LogP contribution in [0.25, 0.3) is 10.9 Å². The van der Waals surface area contributed by atoms with Crippen molar-refractivity contribution in [1.29, 1.82) is 0 Å². The van der Waals surface area contributed by atoms with E-state index in [1.165, 1.54) is 15.5 Å². The highest BCUT2D eigenvalue weighted by Crippen LogP contribution is 2.46. The molecule has 202 valence electrons. The molecule has 3 atom stereocenters. The third-order valence-electron chi connectivity index (χ3n) is 8.11. The fourth-order valence-electron chi connectivity index (χ4n) is 6.19. The number of fused-ring (bicyclic) bond motifs is 1. The Morgan fingerprint density at radius 3 is 2.55 bits per heavy atom. The molecule has 3 heterocycles. The lowest BCUT2D eigenvalue weighted by Crippen LogP contribution is -2.60. The number of piperidine rings is 1. The Labute approximate surface area is 221 Å². The number of nitrogens with zero attached hydrogens (tertiary/aromatic N) is 3. The summed E-state index contributed by atoms with van der Waals surface area (Å²) in [6.45, 7) is 6.37. The van der Waals surface area contributed by atoms with E-state index >= 15 is 0 Å². The van der Waals surface area contributed by atoms with E-state index in [1.54, 1.807) is 37.6 Å². The van der Waals surface area contributed by atoms with Gasteiger partial charge >= 0.3 is 6.09 Å². The van der Waals surface area contributed by atoms with Crippen molar-refractivity contribution >= 4 is 22.9 Å². The smallest absolute Gasteiger partial charge is 0.407 e. The zero-order chi connectivity index (χ0) is 27.4. The zero-order valence-corrected chi connectivity index (χ0v) is 22.3. The van der Waals surface area contributed by atoms with Crippen LogP contribution in [0.5, 0.6) is 0 Å². The van der Waals surface area contributed by atoms with Crippen LogP contribution >= 0.6 is 0 Å². The molecule has 2 amide bonds. The van der Waals surface area contributed by atoms with Gasteiger partial charge in [0.1, 0.15) is 5.82 Å². The minimum Gasteiger partial charge on any atom is -0.465 e. The monoisotopic (exact) mass is 522 g/mol. The number of aromatic amines is 1. The number of carbonyl (C=O) groups is 2. The van der Waals surface area contributed by atoms with E-state index in [4.69, 9.17) is 0 Å². The van der Waals surface area contributed by atoms with Crippen molar-refractivity contribution < 1.29 is 19.1 Å². The average molecular weight is 523 g/mol. The number of H-pyrrole nitrogens is 1. The van der Waals surface area contributed by atoms with Gasteiger partial charge in [0, 0.05) is 55.5 Å². The molecule has 2 N–H and O–H groups in total. The maximum atomic E-state index is 14.8. The molecule has 5 rings (SSSR count). The number of benzene rings is 1. The Bertz CT molecular complexity index is 1430. The maximum Gasteiger partial charge on any atom is 0.407 e. The van der Waals surface area contributed by atoms with E-state index in [1.807, 2.05) is 31.7 Å². The predicted octanol–water partition coefficient (Wildman–Crippen LogP) is 4.70. The van der Waals surface area contributed by atoms with Gasteiger partial charge in [0.2, 0.25) is 5.91 Å². The van der Waals surface area contributed by atoms with Gasteiger partial charge in [-0.15, -0.1) is 0 Å². The summed E-state index contributed by atoms with van der Waals surface area (Å²) in [5, 5.41) is 10.6. The standard InChI is InChI=1S/C29H35FN4O4/c1-29(2,3)26-25(20(11-13-33(26)28(37)38)17-10-12-32(4)23(35)14-17)27(36)34(19-8-9-19)16-18-15-31-22-7-5-6-21(30)24(18)22/h5-7,10,12,14-15,19-20,25-26,31H,8-9,11,13,16H2,1-4H3,(H,37,38). The molecule has 2 fully saturated rings. The van der Waals surface area contributed by atoms with Gasteiger partial charge in [-0.2, -0.15) is 0 Å². The van der Waals surface area contributed by atoms with Crippen LogP contribution in [0.15, 0.2) is 47.5 Å². The van der Waals surface area contributed by atoms with E-state index in [0.717, 1.165) is 18.4 Å². The summed E-state index contributed by atoms with van der Waals surface area (Å²) in [7, 11) is 1.68. The predicted molar refractivity (Wildman–Crippen MR) is 142 cm³/mol. The van der Waals surface area contributed by atoms with Crippen molar-refractivity contribution in [1.82, 2.24) is 19.4 Å². The van der Waals surface area contributed by atoms with Crippen LogP contribution in [-0.2, 0) is 18.4 Å². The van der Waals surface area contributed by atoms with Crippen molar-refractivity contribution in [2.24, 2.45) is 18.4 Å². The molecule has 3 unspecified atom stereocenters. The van der Waals surface area contributed by atoms with Gasteiger partial charge in [-0.3, -0.25) is 9.59 Å². The lowest BCUT2D eigenvalue weighted by molar-refractivity contribution is -0.144. The molecular weight excluding hydrogens is 487 g/mol. The van der Waals surface area contributed by atoms with Gasteiger partial charge in [0.05, 0.1) is 12.0 Å². The minimum atomic E-state index is -1.05. The Morgan fingerprint density at radius 2 is 1.92 bits per heavy atom. The number of halogens is 1. The van der Waals surface area contributed by atoms with Crippen molar-refractivity contribution in [2.45, 2.75) is 64.6 Å². The third kappa shape index (κ3) is 4.70. The molecule has 2 aromatic heterocycles. The summed E-state index contributed by atoms with van der Waals surface area (Å²) in [5.74, 6) is -1.50. The molecule has 1 aromatic carbocycles. The first-order valence-electron chi connectivity index (χ1n) is 13.2. The molecule has 8 nitrogen and oxygen atoms in total. The van der Waals surface area contributed by atoms with Gasteiger partial charge in [-0.25, -0.2) is 9.18 Å². The number of aryl methyl sites for hydroxylation is 1. The van der Waals surface area contributed by atoms with Crippen LogP contribution < -0.4 is 5.56 Å². The van der Waals surface area contributed by atoms with E-state index in [2.05, 4.69) is 4.98 Å². The molecule has 1 aliphatic carbocycles. The van der Waals surface area contributed by atoms with Crippen molar-refractivity contribution in [3.63, 3.8) is 0 Å². The highest BCUT2D eigenvalue weighted by Gasteiger charge is 2.52. The molecule has 1 saturated carbocycles. The first-order chi connectivity index (χ1) is 18.0. The zero-order valence-electron chi connectivity index (χ0n) is 22.3. The van der Waals surface area contributed by atoms with Gasteiger partial charge in [-0.1, -0.05) is 26.8 Å². The first kappa shape index (κ1) is 26.0.